The van der Waals surface area contributed by atoms with E-state index in [2.05, 4.69) is 33.4 Å². The Kier molecular flexibility index (Phi) is 8.36. The van der Waals surface area contributed by atoms with Gasteiger partial charge < -0.3 is 10.4 Å². The molecule has 8 nitrogen and oxygen atoms in total. The van der Waals surface area contributed by atoms with Crippen LogP contribution in [0.1, 0.15) is 33.6 Å². The fourth-order valence-corrected chi connectivity index (χ4v) is 4.25. The molecule has 0 saturated heterocycles. The first kappa shape index (κ1) is 24.3. The van der Waals surface area contributed by atoms with Crippen LogP contribution in [0.3, 0.4) is 0 Å². The molecule has 0 fully saturated rings. The summed E-state index contributed by atoms with van der Waals surface area (Å²) in [5.41, 5.74) is 3.86. The summed E-state index contributed by atoms with van der Waals surface area (Å²) in [6.45, 7) is 2.77. The van der Waals surface area contributed by atoms with Crippen LogP contribution in [0.5, 0.6) is 0 Å². The molecule has 2 aromatic rings. The Labute approximate surface area is 190 Å². The molecule has 0 radical (unpaired) electrons. The van der Waals surface area contributed by atoms with Crippen molar-refractivity contribution in [2.24, 2.45) is 0 Å². The average molecular weight is 461 g/mol. The van der Waals surface area contributed by atoms with E-state index in [9.17, 15) is 18.3 Å². The summed E-state index contributed by atoms with van der Waals surface area (Å²) in [4.78, 5) is 19.0. The summed E-state index contributed by atoms with van der Waals surface area (Å²) in [5, 5.41) is 13.2. The van der Waals surface area contributed by atoms with Crippen LogP contribution in [-0.4, -0.2) is 79.2 Å². The van der Waals surface area contributed by atoms with Gasteiger partial charge in [-0.05, 0) is 42.5 Å². The van der Waals surface area contributed by atoms with Crippen LogP contribution in [-0.2, 0) is 29.4 Å². The maximum Gasteiger partial charge on any atom is 0.251 e. The number of aromatic nitrogens is 1. The highest BCUT2D eigenvalue weighted by atomic mass is 32.2. The van der Waals surface area contributed by atoms with Crippen molar-refractivity contribution in [3.8, 4) is 0 Å². The van der Waals surface area contributed by atoms with E-state index >= 15 is 0 Å². The molecule has 9 heteroatoms. The van der Waals surface area contributed by atoms with E-state index in [1.165, 1.54) is 21.7 Å². The predicted molar refractivity (Wildman–Crippen MR) is 124 cm³/mol. The van der Waals surface area contributed by atoms with Gasteiger partial charge >= 0.3 is 0 Å². The van der Waals surface area contributed by atoms with Crippen molar-refractivity contribution in [1.82, 2.24) is 19.5 Å². The summed E-state index contributed by atoms with van der Waals surface area (Å²) in [5.74, 6) is -0.259. The van der Waals surface area contributed by atoms with Gasteiger partial charge in [-0.25, -0.2) is 12.7 Å². The summed E-state index contributed by atoms with van der Waals surface area (Å²) < 4.78 is 24.2. The van der Waals surface area contributed by atoms with E-state index in [0.717, 1.165) is 25.2 Å². The second-order valence-electron chi connectivity index (χ2n) is 8.34. The van der Waals surface area contributed by atoms with Crippen molar-refractivity contribution < 1.29 is 18.3 Å². The van der Waals surface area contributed by atoms with Crippen LogP contribution in [0, 0.1) is 0 Å². The molecule has 0 aliphatic carbocycles. The van der Waals surface area contributed by atoms with Gasteiger partial charge in [-0.1, -0.05) is 24.3 Å². The number of benzene rings is 1. The van der Waals surface area contributed by atoms with Gasteiger partial charge in [0.1, 0.15) is 0 Å². The minimum atomic E-state index is -3.20. The zero-order chi connectivity index (χ0) is 23.1. The number of aliphatic hydroxyl groups is 1. The average Bonchev–Trinajstić information content (AvgIpc) is 2.77. The minimum Gasteiger partial charge on any atom is -0.390 e. The Hall–Kier alpha value is -2.33. The topological polar surface area (TPSA) is 103 Å². The van der Waals surface area contributed by atoms with E-state index in [1.54, 1.807) is 25.4 Å². The van der Waals surface area contributed by atoms with Gasteiger partial charge in [-0.3, -0.25) is 14.7 Å². The number of hydrogen-bond acceptors (Lipinski definition) is 6. The normalized spacial score (nSPS) is 15.4. The molecule has 1 amide bonds. The van der Waals surface area contributed by atoms with Crippen LogP contribution >= 0.6 is 0 Å². The van der Waals surface area contributed by atoms with Gasteiger partial charge in [-0.15, -0.1) is 0 Å². The van der Waals surface area contributed by atoms with Crippen LogP contribution in [0.25, 0.3) is 0 Å². The molecule has 0 bridgehead atoms. The van der Waals surface area contributed by atoms with Gasteiger partial charge in [0.2, 0.25) is 10.0 Å². The molecule has 2 heterocycles. The Morgan fingerprint density at radius 2 is 2.03 bits per heavy atom. The molecular weight excluding hydrogens is 428 g/mol. The quantitative estimate of drug-likeness (QED) is 0.550. The minimum absolute atomic E-state index is 0.174. The number of sulfonamides is 1. The lowest BCUT2D eigenvalue weighted by Crippen LogP contribution is -2.42. The maximum atomic E-state index is 12.5. The maximum absolute atomic E-state index is 12.5. The largest absolute Gasteiger partial charge is 0.390 e. The number of amides is 1. The number of aliphatic hydroxyl groups excluding tert-OH is 1. The number of nitrogens with one attached hydrogen (secondary N) is 1. The Morgan fingerprint density at radius 3 is 2.78 bits per heavy atom. The molecule has 174 valence electrons. The molecule has 0 unspecified atom stereocenters. The number of carbonyl (C=O) groups excluding carboxylic acids is 1. The third kappa shape index (κ3) is 7.09. The summed E-state index contributed by atoms with van der Waals surface area (Å²) in [7, 11) is -1.66. The highest BCUT2D eigenvalue weighted by Gasteiger charge is 2.19. The molecule has 1 atom stereocenters. The number of carbonyl (C=O) groups is 1. The fourth-order valence-electron chi connectivity index (χ4n) is 3.79. The van der Waals surface area contributed by atoms with Crippen molar-refractivity contribution in [3.05, 3.63) is 65.0 Å². The number of nitrogens with zero attached hydrogens (tertiary/aromatic N) is 3. The Bertz CT molecular complexity index is 1030. The second-order valence-corrected chi connectivity index (χ2v) is 10.4. The summed E-state index contributed by atoms with van der Waals surface area (Å²) in [6, 6.07) is 11.7. The molecule has 1 aromatic carbocycles. The van der Waals surface area contributed by atoms with Gasteiger partial charge in [0.05, 0.1) is 12.4 Å². The van der Waals surface area contributed by atoms with Crippen LogP contribution in [0.15, 0.2) is 42.6 Å². The number of β-amino-alcohol motifs (C(OH)–C–C–N with tert-alkyl or cyclic N) is 1. The number of rotatable bonds is 10. The molecule has 3 rings (SSSR count). The first-order valence-electron chi connectivity index (χ1n) is 10.8. The second kappa shape index (κ2) is 11.0. The van der Waals surface area contributed by atoms with Gasteiger partial charge in [0.15, 0.2) is 0 Å². The van der Waals surface area contributed by atoms with Crippen molar-refractivity contribution in [2.75, 3.05) is 39.5 Å². The Balaban J connectivity index is 1.44. The molecule has 1 aromatic heterocycles. The van der Waals surface area contributed by atoms with Crippen molar-refractivity contribution in [2.45, 2.75) is 31.9 Å². The van der Waals surface area contributed by atoms with Gasteiger partial charge in [-0.2, -0.15) is 0 Å². The highest BCUT2D eigenvalue weighted by molar-refractivity contribution is 7.88. The zero-order valence-corrected chi connectivity index (χ0v) is 19.5. The Morgan fingerprint density at radius 1 is 1.28 bits per heavy atom. The van der Waals surface area contributed by atoms with Crippen molar-refractivity contribution in [1.29, 1.82) is 0 Å². The fraction of sp³-hybridized carbons (Fsp3) is 0.478. The third-order valence-corrected chi connectivity index (χ3v) is 7.04. The molecule has 2 N–H and O–H groups in total. The molecule has 0 saturated carbocycles. The number of fused-ring (bicyclic) bond motifs is 1. The van der Waals surface area contributed by atoms with Gasteiger partial charge in [0, 0.05) is 57.2 Å². The number of hydrogen-bond donors (Lipinski definition) is 2. The zero-order valence-electron chi connectivity index (χ0n) is 18.7. The SMILES string of the molecule is CN(CCCc1cc(C(=O)NC[C@H](O)CN2CCc3ccccc3C2)ccn1)S(C)(=O)=O. The lowest BCUT2D eigenvalue weighted by atomic mass is 10.00. The van der Waals surface area contributed by atoms with E-state index in [4.69, 9.17) is 0 Å². The van der Waals surface area contributed by atoms with E-state index in [-0.39, 0.29) is 12.5 Å². The van der Waals surface area contributed by atoms with Crippen LogP contribution in [0.4, 0.5) is 0 Å². The smallest absolute Gasteiger partial charge is 0.251 e. The van der Waals surface area contributed by atoms with E-state index < -0.39 is 16.1 Å². The number of aryl methyl sites for hydroxylation is 1. The molecule has 0 spiro atoms. The molecule has 1 aliphatic heterocycles. The van der Waals surface area contributed by atoms with Crippen LogP contribution in [0.2, 0.25) is 0 Å². The lowest BCUT2D eigenvalue weighted by molar-refractivity contribution is 0.0841. The first-order valence-corrected chi connectivity index (χ1v) is 12.7. The monoisotopic (exact) mass is 460 g/mol. The third-order valence-electron chi connectivity index (χ3n) is 5.73. The lowest BCUT2D eigenvalue weighted by Gasteiger charge is -2.30. The number of pyridine rings is 1. The summed E-state index contributed by atoms with van der Waals surface area (Å²) >= 11 is 0. The first-order chi connectivity index (χ1) is 15.2. The van der Waals surface area contributed by atoms with Crippen LogP contribution < -0.4 is 5.32 Å². The van der Waals surface area contributed by atoms with E-state index in [1.807, 2.05) is 6.07 Å². The molecule has 32 heavy (non-hydrogen) atoms. The van der Waals surface area contributed by atoms with Gasteiger partial charge in [0.25, 0.3) is 5.91 Å². The van der Waals surface area contributed by atoms with Crippen molar-refractivity contribution in [3.63, 3.8) is 0 Å². The predicted octanol–water partition coefficient (Wildman–Crippen LogP) is 1.05. The summed E-state index contributed by atoms with van der Waals surface area (Å²) in [6.07, 6.45) is 4.24. The highest BCUT2D eigenvalue weighted by Crippen LogP contribution is 2.18. The standard InChI is InChI=1S/C23H32N4O4S/c1-26(32(2,30)31)12-5-8-21-14-19(9-11-24-21)23(29)25-15-22(28)17-27-13-10-18-6-3-4-7-20(18)16-27/h3-4,6-7,9,11,14,22,28H,5,8,10,12-13,15-17H2,1-2H3,(H,25,29)/t22-/m0/s1. The van der Waals surface area contributed by atoms with Crippen molar-refractivity contribution >= 4 is 15.9 Å². The van der Waals surface area contributed by atoms with E-state index in [0.29, 0.717) is 31.5 Å². The molecular formula is C23H32N4O4S. The molecule has 1 aliphatic rings.